The summed E-state index contributed by atoms with van der Waals surface area (Å²) in [5, 5.41) is 12.7. The van der Waals surface area contributed by atoms with E-state index in [1.165, 1.54) is 51.6 Å². The number of piperidine rings is 1. The van der Waals surface area contributed by atoms with Crippen LogP contribution in [0.2, 0.25) is 0 Å². The molecule has 3 heteroatoms. The highest BCUT2D eigenvalue weighted by Gasteiger charge is 2.27. The van der Waals surface area contributed by atoms with E-state index in [4.69, 9.17) is 5.26 Å². The third-order valence-electron chi connectivity index (χ3n) is 4.43. The summed E-state index contributed by atoms with van der Waals surface area (Å²) in [7, 11) is 2.20. The lowest BCUT2D eigenvalue weighted by atomic mass is 9.82. The van der Waals surface area contributed by atoms with Gasteiger partial charge in [0.05, 0.1) is 6.07 Å². The Labute approximate surface area is 105 Å². The Bertz CT molecular complexity index is 263. The maximum absolute atomic E-state index is 8.89. The highest BCUT2D eigenvalue weighted by Crippen LogP contribution is 2.27. The summed E-state index contributed by atoms with van der Waals surface area (Å²) in [4.78, 5) is 2.41. The van der Waals surface area contributed by atoms with E-state index in [2.05, 4.69) is 23.3 Å². The molecule has 2 atom stereocenters. The van der Waals surface area contributed by atoms with Gasteiger partial charge in [-0.3, -0.25) is 0 Å². The van der Waals surface area contributed by atoms with E-state index in [0.717, 1.165) is 6.42 Å². The molecular weight excluding hydrogens is 210 g/mol. The highest BCUT2D eigenvalue weighted by molar-refractivity contribution is 4.90. The molecule has 1 N–H and O–H groups in total. The Morgan fingerprint density at radius 3 is 2.59 bits per heavy atom. The van der Waals surface area contributed by atoms with Crippen molar-refractivity contribution >= 4 is 0 Å². The fraction of sp³-hybridized carbons (Fsp3) is 0.929. The third-order valence-corrected chi connectivity index (χ3v) is 4.43. The molecule has 0 radical (unpaired) electrons. The molecule has 0 aromatic heterocycles. The summed E-state index contributed by atoms with van der Waals surface area (Å²) in [5.41, 5.74) is 0. The number of nitriles is 1. The first-order valence-electron chi connectivity index (χ1n) is 7.11. The predicted octanol–water partition coefficient (Wildman–Crippen LogP) is 2.14. The average molecular weight is 235 g/mol. The summed E-state index contributed by atoms with van der Waals surface area (Å²) in [6, 6.07) is 3.66. The van der Waals surface area contributed by atoms with Crippen LogP contribution in [0.5, 0.6) is 0 Å². The van der Waals surface area contributed by atoms with Crippen LogP contribution in [0.1, 0.15) is 44.9 Å². The molecule has 0 amide bonds. The molecule has 3 nitrogen and oxygen atoms in total. The number of hydrogen-bond donors (Lipinski definition) is 1. The zero-order valence-electron chi connectivity index (χ0n) is 11.0. The lowest BCUT2D eigenvalue weighted by molar-refractivity contribution is 0.187. The third kappa shape index (κ3) is 3.69. The van der Waals surface area contributed by atoms with Gasteiger partial charge >= 0.3 is 0 Å². The molecule has 96 valence electrons. The van der Waals surface area contributed by atoms with Crippen LogP contribution in [0, 0.1) is 17.2 Å². The van der Waals surface area contributed by atoms with Gasteiger partial charge < -0.3 is 10.2 Å². The Kier molecular flexibility index (Phi) is 4.82. The van der Waals surface area contributed by atoms with E-state index in [0.29, 0.717) is 18.0 Å². The molecule has 0 unspecified atom stereocenters. The zero-order chi connectivity index (χ0) is 12.1. The van der Waals surface area contributed by atoms with Crippen LogP contribution in [0.4, 0.5) is 0 Å². The van der Waals surface area contributed by atoms with E-state index < -0.39 is 0 Å². The van der Waals surface area contributed by atoms with E-state index in [1.54, 1.807) is 0 Å². The molecule has 1 aliphatic carbocycles. The fourth-order valence-electron chi connectivity index (χ4n) is 3.27. The van der Waals surface area contributed by atoms with Gasteiger partial charge in [-0.05, 0) is 51.7 Å². The van der Waals surface area contributed by atoms with Gasteiger partial charge in [-0.2, -0.15) is 5.26 Å². The maximum Gasteiger partial charge on any atom is 0.0625 e. The number of hydrogen-bond acceptors (Lipinski definition) is 3. The monoisotopic (exact) mass is 235 g/mol. The first kappa shape index (κ1) is 12.9. The second-order valence-corrected chi connectivity index (χ2v) is 5.76. The van der Waals surface area contributed by atoms with Crippen LogP contribution < -0.4 is 5.32 Å². The number of nitrogens with one attached hydrogen (secondary N) is 1. The first-order valence-corrected chi connectivity index (χ1v) is 7.11. The van der Waals surface area contributed by atoms with Crippen LogP contribution in [0.15, 0.2) is 0 Å². The van der Waals surface area contributed by atoms with Gasteiger partial charge in [-0.15, -0.1) is 0 Å². The maximum atomic E-state index is 8.89. The largest absolute Gasteiger partial charge is 0.311 e. The van der Waals surface area contributed by atoms with E-state index in [9.17, 15) is 0 Å². The van der Waals surface area contributed by atoms with Crippen LogP contribution in [-0.2, 0) is 0 Å². The minimum Gasteiger partial charge on any atom is -0.311 e. The van der Waals surface area contributed by atoms with Gasteiger partial charge in [0.15, 0.2) is 0 Å². The molecule has 2 rings (SSSR count). The Morgan fingerprint density at radius 2 is 1.88 bits per heavy atom. The normalized spacial score (nSPS) is 32.2. The second kappa shape index (κ2) is 6.37. The minimum absolute atomic E-state index is 0.605. The predicted molar refractivity (Wildman–Crippen MR) is 69.6 cm³/mol. The van der Waals surface area contributed by atoms with Gasteiger partial charge in [-0.25, -0.2) is 0 Å². The summed E-state index contributed by atoms with van der Waals surface area (Å²) in [6.07, 6.45) is 8.46. The lowest BCUT2D eigenvalue weighted by Crippen LogP contribution is -2.48. The Hall–Kier alpha value is -0.590. The van der Waals surface area contributed by atoms with Crippen molar-refractivity contribution in [3.63, 3.8) is 0 Å². The SMILES string of the molecule is CN1CCC(N[C@H]2CCCC[C@@H]2CC#N)CC1. The molecule has 0 aromatic carbocycles. The van der Waals surface area contributed by atoms with E-state index >= 15 is 0 Å². The molecule has 1 saturated heterocycles. The Morgan fingerprint density at radius 1 is 1.18 bits per heavy atom. The van der Waals surface area contributed by atoms with E-state index in [-0.39, 0.29) is 0 Å². The van der Waals surface area contributed by atoms with Crippen LogP contribution in [0.3, 0.4) is 0 Å². The summed E-state index contributed by atoms with van der Waals surface area (Å²) >= 11 is 0. The van der Waals surface area contributed by atoms with Gasteiger partial charge in [0.25, 0.3) is 0 Å². The smallest absolute Gasteiger partial charge is 0.0625 e. The minimum atomic E-state index is 0.605. The molecule has 1 saturated carbocycles. The molecule has 2 fully saturated rings. The molecule has 2 aliphatic rings. The Balaban J connectivity index is 1.81. The molecule has 0 aromatic rings. The molecule has 0 bridgehead atoms. The standard InChI is InChI=1S/C14H25N3/c1-17-10-7-13(8-11-17)16-14-5-3-2-4-12(14)6-9-15/h12-14,16H,2-8,10-11H2,1H3/t12-,14+/m1/s1. The van der Waals surface area contributed by atoms with Crippen molar-refractivity contribution < 1.29 is 0 Å². The van der Waals surface area contributed by atoms with Crippen molar-refractivity contribution in [1.29, 1.82) is 5.26 Å². The average Bonchev–Trinajstić information content (AvgIpc) is 2.35. The molecular formula is C14H25N3. The summed E-state index contributed by atoms with van der Waals surface area (Å²) in [6.45, 7) is 2.43. The van der Waals surface area contributed by atoms with Gasteiger partial charge in [0.1, 0.15) is 0 Å². The number of likely N-dealkylation sites (tertiary alicyclic amines) is 1. The molecule has 17 heavy (non-hydrogen) atoms. The quantitative estimate of drug-likeness (QED) is 0.814. The van der Waals surface area contributed by atoms with Crippen LogP contribution in [-0.4, -0.2) is 37.1 Å². The van der Waals surface area contributed by atoms with E-state index in [1.807, 2.05) is 0 Å². The lowest BCUT2D eigenvalue weighted by Gasteiger charge is -2.37. The van der Waals surface area contributed by atoms with Gasteiger partial charge in [0.2, 0.25) is 0 Å². The van der Waals surface area contributed by atoms with Crippen molar-refractivity contribution in [3.8, 4) is 6.07 Å². The molecule has 1 aliphatic heterocycles. The topological polar surface area (TPSA) is 39.1 Å². The fourth-order valence-corrected chi connectivity index (χ4v) is 3.27. The summed E-state index contributed by atoms with van der Waals surface area (Å²) < 4.78 is 0. The van der Waals surface area contributed by atoms with Crippen molar-refractivity contribution in [3.05, 3.63) is 0 Å². The number of rotatable bonds is 3. The van der Waals surface area contributed by atoms with Crippen molar-refractivity contribution in [1.82, 2.24) is 10.2 Å². The first-order chi connectivity index (χ1) is 8.29. The van der Waals surface area contributed by atoms with Crippen LogP contribution in [0.25, 0.3) is 0 Å². The van der Waals surface area contributed by atoms with Crippen molar-refractivity contribution in [2.75, 3.05) is 20.1 Å². The second-order valence-electron chi connectivity index (χ2n) is 5.76. The number of nitrogens with zero attached hydrogens (tertiary/aromatic N) is 2. The highest BCUT2D eigenvalue weighted by atomic mass is 15.1. The molecule has 0 spiro atoms. The zero-order valence-corrected chi connectivity index (χ0v) is 11.0. The van der Waals surface area contributed by atoms with Crippen molar-refractivity contribution in [2.45, 2.75) is 57.0 Å². The molecule has 1 heterocycles. The van der Waals surface area contributed by atoms with Gasteiger partial charge in [-0.1, -0.05) is 12.8 Å². The van der Waals surface area contributed by atoms with Gasteiger partial charge in [0, 0.05) is 18.5 Å². The van der Waals surface area contributed by atoms with Crippen LogP contribution >= 0.6 is 0 Å². The van der Waals surface area contributed by atoms with Crippen molar-refractivity contribution in [2.24, 2.45) is 5.92 Å². The summed E-state index contributed by atoms with van der Waals surface area (Å²) in [5.74, 6) is 0.605.